The Morgan fingerprint density at radius 1 is 0.955 bits per heavy atom. The van der Waals surface area contributed by atoms with Gasteiger partial charge in [0.05, 0.1) is 18.4 Å². The molecular weight excluding hydrogens is 274 g/mol. The number of imide groups is 1. The monoisotopic (exact) mass is 293 g/mol. The summed E-state index contributed by atoms with van der Waals surface area (Å²) in [5.41, 5.74) is 2.23. The minimum Gasteiger partial charge on any atom is -0.278 e. The number of likely N-dealkylation sites (tertiary alicyclic amines) is 1. The highest BCUT2D eigenvalue weighted by molar-refractivity contribution is 6.06. The molecule has 22 heavy (non-hydrogen) atoms. The third kappa shape index (κ3) is 1.52. The summed E-state index contributed by atoms with van der Waals surface area (Å²) < 4.78 is 0. The van der Waals surface area contributed by atoms with Crippen molar-refractivity contribution in [2.75, 3.05) is 0 Å². The molecule has 0 spiro atoms. The summed E-state index contributed by atoms with van der Waals surface area (Å²) >= 11 is 0. The van der Waals surface area contributed by atoms with Gasteiger partial charge in [0.15, 0.2) is 0 Å². The molecular formula is C19H19NO2. The summed E-state index contributed by atoms with van der Waals surface area (Å²) in [6.45, 7) is 2.47. The summed E-state index contributed by atoms with van der Waals surface area (Å²) in [6.07, 6.45) is 5.66. The highest BCUT2D eigenvalue weighted by atomic mass is 16.2. The van der Waals surface area contributed by atoms with Crippen LogP contribution in [0.3, 0.4) is 0 Å². The second-order valence-corrected chi connectivity index (χ2v) is 7.40. The molecule has 1 aliphatic heterocycles. The number of carbonyl (C=O) groups is 2. The zero-order chi connectivity index (χ0) is 15.0. The van der Waals surface area contributed by atoms with Gasteiger partial charge in [-0.2, -0.15) is 0 Å². The topological polar surface area (TPSA) is 37.4 Å². The predicted molar refractivity (Wildman–Crippen MR) is 81.4 cm³/mol. The lowest BCUT2D eigenvalue weighted by Crippen LogP contribution is -2.40. The minimum atomic E-state index is -0.0725. The SMILES string of the molecule is Cc1ccc(CN2C(=O)[C@@H]3[C@H]4C=C[C@@H]([C@@H]5C[C@@H]45)[C@H]3C2=O)cc1. The van der Waals surface area contributed by atoms with Crippen molar-refractivity contribution in [2.45, 2.75) is 19.9 Å². The van der Waals surface area contributed by atoms with Gasteiger partial charge in [-0.3, -0.25) is 14.5 Å². The third-order valence-corrected chi connectivity index (χ3v) is 6.22. The van der Waals surface area contributed by atoms with Crippen molar-refractivity contribution in [1.29, 1.82) is 0 Å². The molecule has 1 saturated heterocycles. The molecule has 1 heterocycles. The van der Waals surface area contributed by atoms with Crippen LogP contribution in [-0.4, -0.2) is 16.7 Å². The van der Waals surface area contributed by atoms with Gasteiger partial charge in [-0.05, 0) is 42.6 Å². The minimum absolute atomic E-state index is 0.0697. The van der Waals surface area contributed by atoms with Gasteiger partial charge >= 0.3 is 0 Å². The summed E-state index contributed by atoms with van der Waals surface area (Å²) in [4.78, 5) is 27.2. The largest absolute Gasteiger partial charge is 0.278 e. The lowest BCUT2D eigenvalue weighted by Gasteiger charge is -2.37. The van der Waals surface area contributed by atoms with Gasteiger partial charge in [0.25, 0.3) is 0 Å². The molecule has 2 amide bonds. The molecule has 4 aliphatic carbocycles. The van der Waals surface area contributed by atoms with E-state index >= 15 is 0 Å². The van der Waals surface area contributed by atoms with E-state index in [9.17, 15) is 9.59 Å². The van der Waals surface area contributed by atoms with Gasteiger partial charge in [0.1, 0.15) is 0 Å². The molecule has 3 nitrogen and oxygen atoms in total. The molecule has 1 aromatic carbocycles. The first-order chi connectivity index (χ1) is 10.6. The van der Waals surface area contributed by atoms with Crippen LogP contribution < -0.4 is 0 Å². The molecule has 3 fully saturated rings. The zero-order valence-electron chi connectivity index (χ0n) is 12.6. The van der Waals surface area contributed by atoms with E-state index in [0.717, 1.165) is 5.56 Å². The number of carbonyl (C=O) groups excluding carboxylic acids is 2. The van der Waals surface area contributed by atoms with Crippen LogP contribution in [0.1, 0.15) is 17.5 Å². The number of hydrogen-bond donors (Lipinski definition) is 0. The molecule has 0 aromatic heterocycles. The Morgan fingerprint density at radius 3 is 2.05 bits per heavy atom. The Kier molecular flexibility index (Phi) is 2.35. The summed E-state index contributed by atoms with van der Waals surface area (Å²) in [5, 5.41) is 0. The normalized spacial score (nSPS) is 40.9. The molecule has 0 N–H and O–H groups in total. The zero-order valence-corrected chi connectivity index (χ0v) is 12.6. The standard InChI is InChI=1S/C19H19NO2/c1-10-2-4-11(5-3-10)9-20-18(21)16-12-6-7-13(15-8-14(12)15)17(16)19(20)22/h2-7,12-17H,8-9H2,1H3/t12-,13-,14-,15-,16+,17+/m0/s1. The summed E-state index contributed by atoms with van der Waals surface area (Å²) in [7, 11) is 0. The highest BCUT2D eigenvalue weighted by Crippen LogP contribution is 2.65. The van der Waals surface area contributed by atoms with E-state index in [1.165, 1.54) is 16.9 Å². The van der Waals surface area contributed by atoms with Crippen molar-refractivity contribution in [3.63, 3.8) is 0 Å². The highest BCUT2D eigenvalue weighted by Gasteiger charge is 2.66. The predicted octanol–water partition coefficient (Wildman–Crippen LogP) is 2.55. The Labute approximate surface area is 130 Å². The average molecular weight is 293 g/mol. The van der Waals surface area contributed by atoms with Gasteiger partial charge in [-0.25, -0.2) is 0 Å². The van der Waals surface area contributed by atoms with Gasteiger partial charge in [0, 0.05) is 0 Å². The number of hydrogen-bond acceptors (Lipinski definition) is 2. The number of aryl methyl sites for hydroxylation is 1. The second-order valence-electron chi connectivity index (χ2n) is 7.40. The van der Waals surface area contributed by atoms with Crippen LogP contribution in [0.25, 0.3) is 0 Å². The lowest BCUT2D eigenvalue weighted by atomic mass is 9.63. The van der Waals surface area contributed by atoms with Crippen molar-refractivity contribution in [1.82, 2.24) is 4.90 Å². The van der Waals surface area contributed by atoms with Crippen LogP contribution in [0, 0.1) is 42.4 Å². The second kappa shape index (κ2) is 4.09. The fourth-order valence-corrected chi connectivity index (χ4v) is 5.05. The molecule has 0 unspecified atom stereocenters. The average Bonchev–Trinajstić information content (AvgIpc) is 3.30. The molecule has 3 heteroatoms. The van der Waals surface area contributed by atoms with Crippen LogP contribution in [0.5, 0.6) is 0 Å². The molecule has 6 rings (SSSR count). The summed E-state index contributed by atoms with van der Waals surface area (Å²) in [6, 6.07) is 8.10. The smallest absolute Gasteiger partial charge is 0.234 e. The number of benzene rings is 1. The molecule has 112 valence electrons. The first-order valence-electron chi connectivity index (χ1n) is 8.24. The van der Waals surface area contributed by atoms with E-state index in [4.69, 9.17) is 0 Å². The van der Waals surface area contributed by atoms with Crippen molar-refractivity contribution >= 4 is 11.8 Å². The maximum absolute atomic E-state index is 12.8. The van der Waals surface area contributed by atoms with E-state index in [1.807, 2.05) is 31.2 Å². The van der Waals surface area contributed by atoms with Gasteiger partial charge in [-0.1, -0.05) is 42.0 Å². The van der Waals surface area contributed by atoms with Crippen molar-refractivity contribution < 1.29 is 9.59 Å². The first kappa shape index (κ1) is 12.6. The molecule has 2 saturated carbocycles. The van der Waals surface area contributed by atoms with E-state index in [-0.39, 0.29) is 23.7 Å². The summed E-state index contributed by atoms with van der Waals surface area (Å²) in [5.74, 6) is 1.98. The fraction of sp³-hybridized carbons (Fsp3) is 0.474. The van der Waals surface area contributed by atoms with Gasteiger partial charge in [0.2, 0.25) is 11.8 Å². The Balaban J connectivity index is 1.46. The molecule has 6 atom stereocenters. The lowest BCUT2D eigenvalue weighted by molar-refractivity contribution is -0.140. The van der Waals surface area contributed by atoms with Gasteiger partial charge < -0.3 is 0 Å². The quantitative estimate of drug-likeness (QED) is 0.621. The van der Waals surface area contributed by atoms with E-state index in [0.29, 0.717) is 30.2 Å². The van der Waals surface area contributed by atoms with E-state index in [2.05, 4.69) is 12.2 Å². The van der Waals surface area contributed by atoms with E-state index < -0.39 is 0 Å². The Hall–Kier alpha value is -1.90. The Bertz CT molecular complexity index is 669. The van der Waals surface area contributed by atoms with Crippen molar-refractivity contribution in [2.24, 2.45) is 35.5 Å². The first-order valence-corrected chi connectivity index (χ1v) is 8.24. The van der Waals surface area contributed by atoms with Crippen LogP contribution in [0.4, 0.5) is 0 Å². The van der Waals surface area contributed by atoms with E-state index in [1.54, 1.807) is 0 Å². The van der Waals surface area contributed by atoms with Crippen LogP contribution >= 0.6 is 0 Å². The number of rotatable bonds is 2. The molecule has 5 aliphatic rings. The number of amides is 2. The Morgan fingerprint density at radius 2 is 1.50 bits per heavy atom. The maximum atomic E-state index is 12.8. The van der Waals surface area contributed by atoms with Crippen molar-refractivity contribution in [3.05, 3.63) is 47.5 Å². The fourth-order valence-electron chi connectivity index (χ4n) is 5.05. The molecule has 1 aromatic rings. The van der Waals surface area contributed by atoms with Gasteiger partial charge in [-0.15, -0.1) is 0 Å². The third-order valence-electron chi connectivity index (χ3n) is 6.22. The van der Waals surface area contributed by atoms with Crippen molar-refractivity contribution in [3.8, 4) is 0 Å². The van der Waals surface area contributed by atoms with Crippen LogP contribution in [-0.2, 0) is 16.1 Å². The molecule has 0 radical (unpaired) electrons. The molecule has 2 bridgehead atoms. The maximum Gasteiger partial charge on any atom is 0.234 e. The number of nitrogens with zero attached hydrogens (tertiary/aromatic N) is 1. The van der Waals surface area contributed by atoms with Crippen LogP contribution in [0.15, 0.2) is 36.4 Å². The van der Waals surface area contributed by atoms with Crippen LogP contribution in [0.2, 0.25) is 0 Å². The number of allylic oxidation sites excluding steroid dienone is 2.